The third-order valence-corrected chi connectivity index (χ3v) is 9.00. The summed E-state index contributed by atoms with van der Waals surface area (Å²) in [5.41, 5.74) is 0. The van der Waals surface area contributed by atoms with Gasteiger partial charge in [-0.15, -0.1) is 0 Å². The lowest BCUT2D eigenvalue weighted by molar-refractivity contribution is -0.167. The van der Waals surface area contributed by atoms with Gasteiger partial charge in [0.15, 0.2) is 6.10 Å². The van der Waals surface area contributed by atoms with E-state index in [2.05, 4.69) is 99.8 Å². The first-order valence-corrected chi connectivity index (χ1v) is 23.3. The van der Waals surface area contributed by atoms with Crippen molar-refractivity contribution in [1.29, 1.82) is 0 Å². The summed E-state index contributed by atoms with van der Waals surface area (Å²) in [5.74, 6) is -1.09. The highest BCUT2D eigenvalue weighted by molar-refractivity contribution is 5.71. The van der Waals surface area contributed by atoms with E-state index in [1.807, 2.05) is 54.7 Å². The zero-order valence-electron chi connectivity index (χ0n) is 37.9. The molecule has 0 rings (SSSR count). The average Bonchev–Trinajstić information content (AvgIpc) is 3.24. The zero-order valence-corrected chi connectivity index (χ0v) is 37.9. The van der Waals surface area contributed by atoms with Crippen LogP contribution >= 0.6 is 0 Å². The summed E-state index contributed by atoms with van der Waals surface area (Å²) in [6.45, 7) is 6.19. The second-order valence-corrected chi connectivity index (χ2v) is 14.7. The topological polar surface area (TPSA) is 78.9 Å². The molecule has 0 aliphatic rings. The van der Waals surface area contributed by atoms with Crippen LogP contribution < -0.4 is 0 Å². The first kappa shape index (κ1) is 55.6. The number of carbonyl (C=O) groups is 3. The lowest BCUT2D eigenvalue weighted by atomic mass is 10.1. The molecule has 0 bridgehead atoms. The molecule has 1 unspecified atom stereocenters. The molecular weight excluding hydrogens is 745 g/mol. The molecule has 0 N–H and O–H groups in total. The Morgan fingerprint density at radius 3 is 1.30 bits per heavy atom. The Balaban J connectivity index is 4.62. The number of esters is 3. The number of carbonyl (C=O) groups excluding carboxylic acids is 3. The van der Waals surface area contributed by atoms with Crippen LogP contribution in [-0.4, -0.2) is 37.2 Å². The highest BCUT2D eigenvalue weighted by Gasteiger charge is 2.19. The first-order chi connectivity index (χ1) is 29.5. The van der Waals surface area contributed by atoms with E-state index in [-0.39, 0.29) is 38.0 Å². The molecule has 0 aliphatic carbocycles. The Bertz CT molecular complexity index is 1370. The zero-order chi connectivity index (χ0) is 43.7. The maximum Gasteiger partial charge on any atom is 0.306 e. The predicted octanol–water partition coefficient (Wildman–Crippen LogP) is 15.1. The summed E-state index contributed by atoms with van der Waals surface area (Å²) in [6, 6.07) is 0. The number of allylic oxidation sites excluding steroid dienone is 22. The van der Waals surface area contributed by atoms with Crippen molar-refractivity contribution in [3.63, 3.8) is 0 Å². The van der Waals surface area contributed by atoms with Crippen molar-refractivity contribution in [1.82, 2.24) is 0 Å². The number of hydrogen-bond donors (Lipinski definition) is 0. The molecule has 0 spiro atoms. The smallest absolute Gasteiger partial charge is 0.306 e. The highest BCUT2D eigenvalue weighted by atomic mass is 16.6. The van der Waals surface area contributed by atoms with Gasteiger partial charge in [-0.3, -0.25) is 14.4 Å². The third-order valence-electron chi connectivity index (χ3n) is 9.00. The van der Waals surface area contributed by atoms with Crippen molar-refractivity contribution in [3.8, 4) is 0 Å². The second kappa shape index (κ2) is 47.2. The molecule has 6 nitrogen and oxygen atoms in total. The van der Waals surface area contributed by atoms with Crippen LogP contribution in [0.2, 0.25) is 0 Å². The van der Waals surface area contributed by atoms with Crippen molar-refractivity contribution in [3.05, 3.63) is 134 Å². The molecule has 0 saturated heterocycles. The van der Waals surface area contributed by atoms with Gasteiger partial charge in [-0.1, -0.05) is 187 Å². The van der Waals surface area contributed by atoms with Gasteiger partial charge in [-0.2, -0.15) is 0 Å². The van der Waals surface area contributed by atoms with Crippen LogP contribution in [0.15, 0.2) is 134 Å². The van der Waals surface area contributed by atoms with Gasteiger partial charge in [0, 0.05) is 19.3 Å². The molecule has 1 atom stereocenters. The Labute approximate surface area is 366 Å². The number of hydrogen-bond acceptors (Lipinski definition) is 6. The minimum atomic E-state index is -0.844. The number of ether oxygens (including phenoxy) is 3. The normalized spacial score (nSPS) is 13.3. The van der Waals surface area contributed by atoms with Crippen molar-refractivity contribution in [2.75, 3.05) is 13.2 Å². The highest BCUT2D eigenvalue weighted by Crippen LogP contribution is 2.11. The van der Waals surface area contributed by atoms with Crippen LogP contribution in [0.4, 0.5) is 0 Å². The molecule has 0 fully saturated rings. The van der Waals surface area contributed by atoms with E-state index in [1.54, 1.807) is 0 Å². The summed E-state index contributed by atoms with van der Waals surface area (Å²) < 4.78 is 16.6. The molecule has 0 aromatic rings. The summed E-state index contributed by atoms with van der Waals surface area (Å²) in [4.78, 5) is 37.8. The minimum absolute atomic E-state index is 0.134. The van der Waals surface area contributed by atoms with Crippen LogP contribution in [0.5, 0.6) is 0 Å². The predicted molar refractivity (Wildman–Crippen MR) is 256 cm³/mol. The van der Waals surface area contributed by atoms with E-state index in [1.165, 1.54) is 32.1 Å². The van der Waals surface area contributed by atoms with E-state index in [4.69, 9.17) is 14.2 Å². The van der Waals surface area contributed by atoms with E-state index in [0.29, 0.717) is 25.7 Å². The van der Waals surface area contributed by atoms with Crippen LogP contribution in [0.25, 0.3) is 0 Å². The molecule has 6 heteroatoms. The Hall–Kier alpha value is -4.45. The van der Waals surface area contributed by atoms with Crippen molar-refractivity contribution < 1.29 is 28.6 Å². The lowest BCUT2D eigenvalue weighted by Gasteiger charge is -2.18. The molecule has 334 valence electrons. The monoisotopic (exact) mass is 827 g/mol. The third kappa shape index (κ3) is 44.6. The molecule has 0 amide bonds. The molecule has 0 aromatic heterocycles. The van der Waals surface area contributed by atoms with Crippen molar-refractivity contribution in [2.24, 2.45) is 0 Å². The van der Waals surface area contributed by atoms with Crippen LogP contribution in [0.1, 0.15) is 168 Å². The minimum Gasteiger partial charge on any atom is -0.462 e. The molecule has 0 aromatic carbocycles. The fourth-order valence-electron chi connectivity index (χ4n) is 5.56. The van der Waals surface area contributed by atoms with Gasteiger partial charge in [0.25, 0.3) is 0 Å². The Kier molecular flexibility index (Phi) is 43.7. The van der Waals surface area contributed by atoms with Gasteiger partial charge in [0.2, 0.25) is 0 Å². The van der Waals surface area contributed by atoms with Gasteiger partial charge in [0.05, 0.1) is 0 Å². The molecule has 0 heterocycles. The molecular formula is C54H82O6. The van der Waals surface area contributed by atoms with E-state index in [0.717, 1.165) is 77.0 Å². The Morgan fingerprint density at radius 1 is 0.367 bits per heavy atom. The van der Waals surface area contributed by atoms with Gasteiger partial charge in [-0.25, -0.2) is 0 Å². The van der Waals surface area contributed by atoms with E-state index < -0.39 is 12.1 Å². The van der Waals surface area contributed by atoms with Crippen LogP contribution in [0, 0.1) is 0 Å². The van der Waals surface area contributed by atoms with Gasteiger partial charge >= 0.3 is 17.9 Å². The van der Waals surface area contributed by atoms with Crippen LogP contribution in [0.3, 0.4) is 0 Å². The average molecular weight is 827 g/mol. The maximum absolute atomic E-state index is 12.7. The fraction of sp³-hybridized carbons (Fsp3) is 0.537. The summed E-state index contributed by atoms with van der Waals surface area (Å²) in [5, 5.41) is 0. The maximum atomic E-state index is 12.7. The van der Waals surface area contributed by atoms with E-state index in [9.17, 15) is 14.4 Å². The van der Waals surface area contributed by atoms with Crippen molar-refractivity contribution in [2.45, 2.75) is 175 Å². The van der Waals surface area contributed by atoms with E-state index >= 15 is 0 Å². The summed E-state index contributed by atoms with van der Waals surface area (Å²) >= 11 is 0. The number of unbranched alkanes of at least 4 members (excludes halogenated alkanes) is 10. The molecule has 0 saturated carbocycles. The van der Waals surface area contributed by atoms with Gasteiger partial charge < -0.3 is 14.2 Å². The quantitative estimate of drug-likeness (QED) is 0.0202. The number of rotatable bonds is 39. The SMILES string of the molecule is CC\C=C/C=C\C=C/C=C\C=C/CCCC(=O)OC(COC(=O)CCC/C=C\C/C=C\C/C=C\C/C=C\C/C=C\CC)COC(=O)CCCCCCC/C=C\CCCCC. The largest absolute Gasteiger partial charge is 0.462 e. The fourth-order valence-corrected chi connectivity index (χ4v) is 5.56. The summed E-state index contributed by atoms with van der Waals surface area (Å²) in [7, 11) is 0. The molecule has 0 radical (unpaired) electrons. The first-order valence-electron chi connectivity index (χ1n) is 23.3. The van der Waals surface area contributed by atoms with Crippen molar-refractivity contribution >= 4 is 17.9 Å². The Morgan fingerprint density at radius 2 is 0.750 bits per heavy atom. The van der Waals surface area contributed by atoms with Crippen LogP contribution in [-0.2, 0) is 28.6 Å². The second-order valence-electron chi connectivity index (χ2n) is 14.7. The molecule has 0 aliphatic heterocycles. The lowest BCUT2D eigenvalue weighted by Crippen LogP contribution is -2.30. The molecule has 60 heavy (non-hydrogen) atoms. The van der Waals surface area contributed by atoms with Gasteiger partial charge in [0.1, 0.15) is 13.2 Å². The standard InChI is InChI=1S/C54H82O6/c1-4-7-10-13-16-19-22-25-26-27-28-30-32-35-38-41-44-47-53(56)59-50-51(49-58-52(55)46-43-40-37-34-31-24-21-18-15-12-9-6-3)60-54(57)48-45-42-39-36-33-29-23-20-17-14-11-8-5-2/h7-8,10-11,14,16-21,23,25-26,28-30,33,35-36,38-39,51H,4-6,9,12-13,15,22,24,27,31-32,34,37,40-50H2,1-3H3/b10-7-,11-8-,17-14-,19-16-,21-18-,23-20-,26-25-,30-28-,33-29-,38-35-,39-36-. The van der Waals surface area contributed by atoms with Gasteiger partial charge in [-0.05, 0) is 96.3 Å². The summed E-state index contributed by atoms with van der Waals surface area (Å²) in [6.07, 6.45) is 65.9.